The van der Waals surface area contributed by atoms with Crippen LogP contribution in [0, 0.1) is 19.8 Å². The fourth-order valence-corrected chi connectivity index (χ4v) is 3.88. The minimum absolute atomic E-state index is 0.0769. The highest BCUT2D eigenvalue weighted by Gasteiger charge is 2.27. The maximum absolute atomic E-state index is 12.9. The van der Waals surface area contributed by atoms with Gasteiger partial charge in [-0.25, -0.2) is 4.98 Å². The van der Waals surface area contributed by atoms with Crippen LogP contribution in [0.25, 0.3) is 0 Å². The lowest BCUT2D eigenvalue weighted by Crippen LogP contribution is -2.44. The van der Waals surface area contributed by atoms with Crippen LogP contribution < -0.4 is 5.32 Å². The van der Waals surface area contributed by atoms with Crippen LogP contribution >= 0.6 is 11.3 Å². The van der Waals surface area contributed by atoms with Gasteiger partial charge in [-0.2, -0.15) is 0 Å². The smallest absolute Gasteiger partial charge is 0.245 e. The quantitative estimate of drug-likeness (QED) is 0.806. The molecule has 1 fully saturated rings. The SMILES string of the molecule is Cc1nc(NC(=O)CN(CCN(C)C)C(=O)C2CCCCC2)sc1C. The minimum Gasteiger partial charge on any atom is -0.332 e. The number of aryl methyl sites for hydroxylation is 2. The Balaban J connectivity index is 1.98. The monoisotopic (exact) mass is 366 g/mol. The van der Waals surface area contributed by atoms with E-state index >= 15 is 0 Å². The summed E-state index contributed by atoms with van der Waals surface area (Å²) < 4.78 is 0. The summed E-state index contributed by atoms with van der Waals surface area (Å²) in [6.45, 7) is 5.34. The van der Waals surface area contributed by atoms with Gasteiger partial charge in [-0.05, 0) is 40.8 Å². The average Bonchev–Trinajstić information content (AvgIpc) is 2.89. The highest BCUT2D eigenvalue weighted by Crippen LogP contribution is 2.25. The standard InChI is InChI=1S/C18H30N4O2S/c1-13-14(2)25-18(19-13)20-16(23)12-22(11-10-21(3)4)17(24)15-8-6-5-7-9-15/h15H,5-12H2,1-4H3,(H,19,20,23). The molecule has 2 amide bonds. The average molecular weight is 367 g/mol. The number of carbonyl (C=O) groups excluding carboxylic acids is 2. The summed E-state index contributed by atoms with van der Waals surface area (Å²) in [7, 11) is 3.95. The van der Waals surface area contributed by atoms with Gasteiger partial charge in [-0.1, -0.05) is 19.3 Å². The Kier molecular flexibility index (Phi) is 7.38. The molecule has 0 spiro atoms. The van der Waals surface area contributed by atoms with Crippen LogP contribution in [0.5, 0.6) is 0 Å². The first-order valence-corrected chi connectivity index (χ1v) is 9.86. The Hall–Kier alpha value is -1.47. The van der Waals surface area contributed by atoms with Crippen molar-refractivity contribution in [3.05, 3.63) is 10.6 Å². The van der Waals surface area contributed by atoms with Crippen molar-refractivity contribution in [2.75, 3.05) is 39.0 Å². The lowest BCUT2D eigenvalue weighted by molar-refractivity contribution is -0.139. The fraction of sp³-hybridized carbons (Fsp3) is 0.722. The van der Waals surface area contributed by atoms with Crippen LogP contribution in [0.15, 0.2) is 0 Å². The highest BCUT2D eigenvalue weighted by molar-refractivity contribution is 7.15. The highest BCUT2D eigenvalue weighted by atomic mass is 32.1. The maximum atomic E-state index is 12.9. The van der Waals surface area contributed by atoms with Crippen molar-refractivity contribution in [3.63, 3.8) is 0 Å². The number of amides is 2. The summed E-state index contributed by atoms with van der Waals surface area (Å²) in [6.07, 6.45) is 5.34. The Labute approximate surface area is 154 Å². The lowest BCUT2D eigenvalue weighted by Gasteiger charge is -2.29. The van der Waals surface area contributed by atoms with E-state index in [-0.39, 0.29) is 24.3 Å². The zero-order chi connectivity index (χ0) is 18.4. The van der Waals surface area contributed by atoms with Gasteiger partial charge in [0.2, 0.25) is 11.8 Å². The normalized spacial score (nSPS) is 15.4. The summed E-state index contributed by atoms with van der Waals surface area (Å²) in [6, 6.07) is 0. The maximum Gasteiger partial charge on any atom is 0.245 e. The van der Waals surface area contributed by atoms with Gasteiger partial charge in [0.1, 0.15) is 0 Å². The molecule has 1 saturated carbocycles. The number of rotatable bonds is 7. The summed E-state index contributed by atoms with van der Waals surface area (Å²) in [5.74, 6) is 0.0351. The molecule has 1 aliphatic rings. The topological polar surface area (TPSA) is 65.5 Å². The van der Waals surface area contributed by atoms with Crippen molar-refractivity contribution in [1.82, 2.24) is 14.8 Å². The van der Waals surface area contributed by atoms with Crippen LogP contribution in [0.3, 0.4) is 0 Å². The number of aromatic nitrogens is 1. The van der Waals surface area contributed by atoms with Gasteiger partial charge < -0.3 is 15.1 Å². The molecule has 2 rings (SSSR count). The number of carbonyl (C=O) groups is 2. The van der Waals surface area contributed by atoms with Crippen molar-refractivity contribution in [2.45, 2.75) is 46.0 Å². The van der Waals surface area contributed by atoms with E-state index in [1.54, 1.807) is 4.90 Å². The first kappa shape index (κ1) is 19.8. The number of anilines is 1. The second kappa shape index (κ2) is 9.29. The number of hydrogen-bond acceptors (Lipinski definition) is 5. The van der Waals surface area contributed by atoms with Crippen LogP contribution in [-0.4, -0.2) is 60.3 Å². The lowest BCUT2D eigenvalue weighted by atomic mass is 9.88. The summed E-state index contributed by atoms with van der Waals surface area (Å²) >= 11 is 1.47. The molecule has 1 heterocycles. The molecule has 1 aromatic rings. The zero-order valence-corrected chi connectivity index (χ0v) is 16.6. The van der Waals surface area contributed by atoms with Gasteiger partial charge in [-0.15, -0.1) is 11.3 Å². The van der Waals surface area contributed by atoms with Gasteiger partial charge in [0.25, 0.3) is 0 Å². The first-order chi connectivity index (χ1) is 11.9. The second-order valence-electron chi connectivity index (χ2n) is 7.11. The predicted molar refractivity (Wildman–Crippen MR) is 102 cm³/mol. The number of likely N-dealkylation sites (N-methyl/N-ethyl adjacent to an activating group) is 1. The molecule has 0 saturated heterocycles. The Morgan fingerprint density at radius 2 is 1.84 bits per heavy atom. The molecule has 25 heavy (non-hydrogen) atoms. The molecule has 0 unspecified atom stereocenters. The minimum atomic E-state index is -0.170. The van der Waals surface area contributed by atoms with Gasteiger partial charge in [0.15, 0.2) is 5.13 Å². The zero-order valence-electron chi connectivity index (χ0n) is 15.8. The Bertz CT molecular complexity index is 574. The van der Waals surface area contributed by atoms with E-state index in [1.807, 2.05) is 32.8 Å². The summed E-state index contributed by atoms with van der Waals surface area (Å²) in [5.41, 5.74) is 0.933. The summed E-state index contributed by atoms with van der Waals surface area (Å²) in [4.78, 5) is 34.5. The van der Waals surface area contributed by atoms with Crippen molar-refractivity contribution in [3.8, 4) is 0 Å². The molecular weight excluding hydrogens is 336 g/mol. The van der Waals surface area contributed by atoms with Gasteiger partial charge >= 0.3 is 0 Å². The van der Waals surface area contributed by atoms with E-state index in [0.29, 0.717) is 11.7 Å². The molecule has 1 N–H and O–H groups in total. The van der Waals surface area contributed by atoms with Gasteiger partial charge in [0, 0.05) is 23.9 Å². The summed E-state index contributed by atoms with van der Waals surface area (Å²) in [5, 5.41) is 3.45. The van der Waals surface area contributed by atoms with E-state index in [0.717, 1.165) is 42.8 Å². The van der Waals surface area contributed by atoms with Gasteiger partial charge in [0.05, 0.1) is 12.2 Å². The molecule has 0 bridgehead atoms. The number of thiazole rings is 1. The molecule has 140 valence electrons. The molecular formula is C18H30N4O2S. The molecule has 6 nitrogen and oxygen atoms in total. The molecule has 0 atom stereocenters. The molecule has 0 aliphatic heterocycles. The van der Waals surface area contributed by atoms with E-state index < -0.39 is 0 Å². The number of nitrogens with zero attached hydrogens (tertiary/aromatic N) is 3. The third-order valence-electron chi connectivity index (χ3n) is 4.69. The Morgan fingerprint density at radius 3 is 2.40 bits per heavy atom. The first-order valence-electron chi connectivity index (χ1n) is 9.04. The number of nitrogens with one attached hydrogen (secondary N) is 1. The molecule has 0 aromatic carbocycles. The van der Waals surface area contributed by atoms with Crippen molar-refractivity contribution in [1.29, 1.82) is 0 Å². The van der Waals surface area contributed by atoms with Crippen molar-refractivity contribution >= 4 is 28.3 Å². The third-order valence-corrected chi connectivity index (χ3v) is 5.68. The van der Waals surface area contributed by atoms with Crippen LogP contribution in [0.4, 0.5) is 5.13 Å². The van der Waals surface area contributed by atoms with Crippen molar-refractivity contribution < 1.29 is 9.59 Å². The largest absolute Gasteiger partial charge is 0.332 e. The van der Waals surface area contributed by atoms with E-state index in [1.165, 1.54) is 17.8 Å². The van der Waals surface area contributed by atoms with Crippen LogP contribution in [0.2, 0.25) is 0 Å². The van der Waals surface area contributed by atoms with E-state index in [2.05, 4.69) is 10.3 Å². The molecule has 1 aliphatic carbocycles. The second-order valence-corrected chi connectivity index (χ2v) is 8.31. The fourth-order valence-electron chi connectivity index (χ4n) is 3.05. The predicted octanol–water partition coefficient (Wildman–Crippen LogP) is 2.67. The van der Waals surface area contributed by atoms with Crippen molar-refractivity contribution in [2.24, 2.45) is 5.92 Å². The molecule has 1 aromatic heterocycles. The third kappa shape index (κ3) is 6.08. The van der Waals surface area contributed by atoms with Gasteiger partial charge in [-0.3, -0.25) is 9.59 Å². The van der Waals surface area contributed by atoms with E-state index in [4.69, 9.17) is 0 Å². The Morgan fingerprint density at radius 1 is 1.16 bits per heavy atom. The number of hydrogen-bond donors (Lipinski definition) is 1. The van der Waals surface area contributed by atoms with Crippen LogP contribution in [0.1, 0.15) is 42.7 Å². The molecule has 0 radical (unpaired) electrons. The van der Waals surface area contributed by atoms with Crippen LogP contribution in [-0.2, 0) is 9.59 Å². The molecule has 7 heteroatoms. The van der Waals surface area contributed by atoms with E-state index in [9.17, 15) is 9.59 Å².